The normalized spacial score (nSPS) is 11.6. The van der Waals surface area contributed by atoms with Crippen molar-refractivity contribution in [3.05, 3.63) is 35.9 Å². The highest BCUT2D eigenvalue weighted by molar-refractivity contribution is 7.89. The lowest BCUT2D eigenvalue weighted by molar-refractivity contribution is 0.577. The van der Waals surface area contributed by atoms with Crippen molar-refractivity contribution in [3.8, 4) is 0 Å². The largest absolute Gasteiger partial charge is 0.215 e. The van der Waals surface area contributed by atoms with Gasteiger partial charge >= 0.3 is 0 Å². The molecule has 0 aliphatic rings. The first-order chi connectivity index (χ1) is 7.64. The van der Waals surface area contributed by atoms with Crippen LogP contribution in [-0.2, 0) is 16.4 Å². The lowest BCUT2D eigenvalue weighted by Gasteiger charge is -2.05. The van der Waals surface area contributed by atoms with Gasteiger partial charge in [0.25, 0.3) is 0 Å². The van der Waals surface area contributed by atoms with Crippen molar-refractivity contribution in [1.82, 2.24) is 4.72 Å². The molecule has 0 amide bonds. The van der Waals surface area contributed by atoms with E-state index in [0.717, 1.165) is 12.8 Å². The Morgan fingerprint density at radius 2 is 2.00 bits per heavy atom. The second-order valence-electron chi connectivity index (χ2n) is 3.73. The van der Waals surface area contributed by atoms with E-state index in [9.17, 15) is 8.42 Å². The molecule has 0 atom stereocenters. The number of hydrogen-bond donors (Lipinski definition) is 1. The van der Waals surface area contributed by atoms with E-state index in [4.69, 9.17) is 0 Å². The summed E-state index contributed by atoms with van der Waals surface area (Å²) in [6.07, 6.45) is 2.38. The fraction of sp³-hybridized carbons (Fsp3) is 0.500. The fourth-order valence-electron chi connectivity index (χ4n) is 1.45. The van der Waals surface area contributed by atoms with E-state index in [-0.39, 0.29) is 5.75 Å². The van der Waals surface area contributed by atoms with Crippen LogP contribution >= 0.6 is 0 Å². The van der Waals surface area contributed by atoms with Crippen molar-refractivity contribution in [1.29, 1.82) is 0 Å². The molecular formula is C12H18NO2S. The predicted molar refractivity (Wildman–Crippen MR) is 65.7 cm³/mol. The molecule has 1 aromatic carbocycles. The molecule has 0 unspecified atom stereocenters. The first kappa shape index (κ1) is 13.2. The molecule has 0 bridgehead atoms. The van der Waals surface area contributed by atoms with Gasteiger partial charge in [-0.2, -0.15) is 0 Å². The molecule has 0 saturated carbocycles. The van der Waals surface area contributed by atoms with Crippen LogP contribution in [0.1, 0.15) is 25.3 Å². The SMILES string of the molecule is CCCS(=O)(=O)NCCCc1cc[c]cc1. The molecule has 0 aromatic heterocycles. The molecule has 0 aliphatic carbocycles. The molecule has 0 heterocycles. The Kier molecular flexibility index (Phi) is 5.49. The number of hydrogen-bond acceptors (Lipinski definition) is 2. The Morgan fingerprint density at radius 1 is 1.31 bits per heavy atom. The molecule has 1 rings (SSSR count). The summed E-state index contributed by atoms with van der Waals surface area (Å²) in [6, 6.07) is 10.7. The topological polar surface area (TPSA) is 46.2 Å². The number of sulfonamides is 1. The monoisotopic (exact) mass is 240 g/mol. The van der Waals surface area contributed by atoms with Crippen LogP contribution in [0.2, 0.25) is 0 Å². The molecule has 0 fully saturated rings. The van der Waals surface area contributed by atoms with Gasteiger partial charge in [-0.25, -0.2) is 13.1 Å². The third kappa shape index (κ3) is 5.28. The number of rotatable bonds is 7. The van der Waals surface area contributed by atoms with Crippen molar-refractivity contribution in [2.24, 2.45) is 0 Å². The highest BCUT2D eigenvalue weighted by Crippen LogP contribution is 2.01. The van der Waals surface area contributed by atoms with E-state index in [0.29, 0.717) is 13.0 Å². The van der Waals surface area contributed by atoms with Crippen LogP contribution in [0.5, 0.6) is 0 Å². The van der Waals surface area contributed by atoms with Gasteiger partial charge in [-0.05, 0) is 30.9 Å². The summed E-state index contributed by atoms with van der Waals surface area (Å²) in [6.45, 7) is 2.38. The lowest BCUT2D eigenvalue weighted by Crippen LogP contribution is -2.27. The minimum Gasteiger partial charge on any atom is -0.215 e. The van der Waals surface area contributed by atoms with Crippen molar-refractivity contribution < 1.29 is 8.42 Å². The summed E-state index contributed by atoms with van der Waals surface area (Å²) in [5, 5.41) is 0. The Hall–Kier alpha value is -0.870. The molecule has 1 N–H and O–H groups in total. The van der Waals surface area contributed by atoms with Gasteiger partial charge in [0.1, 0.15) is 0 Å². The molecule has 0 aliphatic heterocycles. The maximum absolute atomic E-state index is 11.3. The van der Waals surface area contributed by atoms with Crippen molar-refractivity contribution in [2.45, 2.75) is 26.2 Å². The Balaban J connectivity index is 2.22. The van der Waals surface area contributed by atoms with Crippen LogP contribution in [0.25, 0.3) is 0 Å². The lowest BCUT2D eigenvalue weighted by atomic mass is 10.1. The third-order valence-electron chi connectivity index (χ3n) is 2.22. The second kappa shape index (κ2) is 6.66. The van der Waals surface area contributed by atoms with Crippen LogP contribution in [0.3, 0.4) is 0 Å². The number of nitrogens with one attached hydrogen (secondary N) is 1. The van der Waals surface area contributed by atoms with Gasteiger partial charge in [-0.3, -0.25) is 0 Å². The number of benzene rings is 1. The van der Waals surface area contributed by atoms with E-state index in [2.05, 4.69) is 10.8 Å². The first-order valence-electron chi connectivity index (χ1n) is 5.56. The molecule has 89 valence electrons. The van der Waals surface area contributed by atoms with E-state index in [1.165, 1.54) is 5.56 Å². The smallest absolute Gasteiger partial charge is 0.211 e. The van der Waals surface area contributed by atoms with E-state index in [1.807, 2.05) is 31.2 Å². The summed E-state index contributed by atoms with van der Waals surface area (Å²) in [5.41, 5.74) is 1.22. The molecule has 0 saturated heterocycles. The van der Waals surface area contributed by atoms with Crippen LogP contribution in [0.15, 0.2) is 24.3 Å². The zero-order valence-corrected chi connectivity index (χ0v) is 10.4. The summed E-state index contributed by atoms with van der Waals surface area (Å²) >= 11 is 0. The van der Waals surface area contributed by atoms with Gasteiger partial charge < -0.3 is 0 Å². The summed E-state index contributed by atoms with van der Waals surface area (Å²) in [7, 11) is -3.04. The second-order valence-corrected chi connectivity index (χ2v) is 5.65. The minimum atomic E-state index is -3.04. The molecule has 16 heavy (non-hydrogen) atoms. The fourth-order valence-corrected chi connectivity index (χ4v) is 2.59. The zero-order valence-electron chi connectivity index (χ0n) is 9.57. The molecule has 1 aromatic rings. The standard InChI is InChI=1S/C12H18NO2S/c1-2-11-16(14,15)13-10-6-9-12-7-4-3-5-8-12/h4-5,7-8,13H,2,6,9-11H2,1H3. The van der Waals surface area contributed by atoms with Crippen molar-refractivity contribution in [2.75, 3.05) is 12.3 Å². The quantitative estimate of drug-likeness (QED) is 0.738. The number of aryl methyl sites for hydroxylation is 1. The summed E-state index contributed by atoms with van der Waals surface area (Å²) in [4.78, 5) is 0. The van der Waals surface area contributed by atoms with Gasteiger partial charge in [-0.15, -0.1) is 0 Å². The van der Waals surface area contributed by atoms with E-state index < -0.39 is 10.0 Å². The predicted octanol–water partition coefficient (Wildman–Crippen LogP) is 1.75. The van der Waals surface area contributed by atoms with Crippen LogP contribution < -0.4 is 4.72 Å². The first-order valence-corrected chi connectivity index (χ1v) is 7.21. The summed E-state index contributed by atoms with van der Waals surface area (Å²) in [5.74, 6) is 0.216. The zero-order chi connectivity index (χ0) is 11.9. The highest BCUT2D eigenvalue weighted by atomic mass is 32.2. The van der Waals surface area contributed by atoms with Crippen molar-refractivity contribution in [3.63, 3.8) is 0 Å². The van der Waals surface area contributed by atoms with Crippen LogP contribution in [0.4, 0.5) is 0 Å². The molecule has 1 radical (unpaired) electrons. The van der Waals surface area contributed by atoms with E-state index in [1.54, 1.807) is 0 Å². The molecule has 4 heteroatoms. The third-order valence-corrected chi connectivity index (χ3v) is 3.81. The van der Waals surface area contributed by atoms with Gasteiger partial charge in [0.15, 0.2) is 0 Å². The maximum Gasteiger partial charge on any atom is 0.211 e. The Morgan fingerprint density at radius 3 is 2.62 bits per heavy atom. The van der Waals surface area contributed by atoms with Gasteiger partial charge in [0.05, 0.1) is 5.75 Å². The Labute approximate surface area is 97.9 Å². The molecule has 3 nitrogen and oxygen atoms in total. The molecule has 0 spiro atoms. The average molecular weight is 240 g/mol. The van der Waals surface area contributed by atoms with Gasteiger partial charge in [0, 0.05) is 6.54 Å². The van der Waals surface area contributed by atoms with E-state index >= 15 is 0 Å². The minimum absolute atomic E-state index is 0.216. The maximum atomic E-state index is 11.3. The van der Waals surface area contributed by atoms with Gasteiger partial charge in [0.2, 0.25) is 10.0 Å². The summed E-state index contributed by atoms with van der Waals surface area (Å²) < 4.78 is 25.2. The molecular weight excluding hydrogens is 222 g/mol. The van der Waals surface area contributed by atoms with Crippen LogP contribution in [-0.4, -0.2) is 20.7 Å². The van der Waals surface area contributed by atoms with Crippen molar-refractivity contribution >= 4 is 10.0 Å². The van der Waals surface area contributed by atoms with Gasteiger partial charge in [-0.1, -0.05) is 31.2 Å². The van der Waals surface area contributed by atoms with Crippen LogP contribution in [0, 0.1) is 6.07 Å². The average Bonchev–Trinajstić information content (AvgIpc) is 2.26. The Bertz CT molecular complexity index is 387. The highest BCUT2D eigenvalue weighted by Gasteiger charge is 2.06.